The van der Waals surface area contributed by atoms with Gasteiger partial charge < -0.3 is 9.25 Å². The molecule has 7 nitrogen and oxygen atoms in total. The van der Waals surface area contributed by atoms with Gasteiger partial charge >= 0.3 is 5.97 Å². The third kappa shape index (κ3) is 2.45. The topological polar surface area (TPSA) is 89.7 Å². The number of hydrogen-bond donors (Lipinski definition) is 0. The number of oxazole rings is 1. The lowest BCUT2D eigenvalue weighted by Crippen LogP contribution is -2.32. The fourth-order valence-electron chi connectivity index (χ4n) is 2.12. The number of fused-ring (bicyclic) bond motifs is 1. The summed E-state index contributed by atoms with van der Waals surface area (Å²) in [6.07, 6.45) is 1.06. The van der Waals surface area contributed by atoms with Gasteiger partial charge in [-0.15, -0.1) is 0 Å². The Bertz CT molecular complexity index is 807. The van der Waals surface area contributed by atoms with E-state index >= 15 is 0 Å². The van der Waals surface area contributed by atoms with Crippen molar-refractivity contribution in [3.05, 3.63) is 53.2 Å². The van der Waals surface area contributed by atoms with Gasteiger partial charge in [-0.1, -0.05) is 17.2 Å². The van der Waals surface area contributed by atoms with Crippen LogP contribution in [0, 0.1) is 0 Å². The molecule has 0 unspecified atom stereocenters. The molecule has 1 aliphatic heterocycles. The summed E-state index contributed by atoms with van der Waals surface area (Å²) in [5, 5.41) is 0.371. The second-order valence-corrected chi connectivity index (χ2v) is 5.88. The standard InChI is InChI=1S/C16H13FN2O5/c1-16(2,8-17)15-18-7-11(23-15)14(22)24-19-12(20)9-5-3-4-6-10(9)13(19)21/h3-7H,8H2,1-2H3. The molecule has 2 heterocycles. The molecule has 8 heteroatoms. The van der Waals surface area contributed by atoms with E-state index in [2.05, 4.69) is 4.98 Å². The minimum absolute atomic E-state index is 0.0133. The van der Waals surface area contributed by atoms with Gasteiger partial charge in [-0.05, 0) is 26.0 Å². The molecule has 1 aliphatic rings. The van der Waals surface area contributed by atoms with Crippen molar-refractivity contribution in [3.8, 4) is 0 Å². The maximum atomic E-state index is 12.9. The number of hydrogen-bond acceptors (Lipinski definition) is 6. The summed E-state index contributed by atoms with van der Waals surface area (Å²) in [6, 6.07) is 6.10. The van der Waals surface area contributed by atoms with Crippen LogP contribution in [0.4, 0.5) is 4.39 Å². The predicted octanol–water partition coefficient (Wildman–Crippen LogP) is 2.29. The number of halogens is 1. The predicted molar refractivity (Wildman–Crippen MR) is 77.9 cm³/mol. The first kappa shape index (κ1) is 15.9. The van der Waals surface area contributed by atoms with Crippen LogP contribution in [-0.4, -0.2) is 34.5 Å². The van der Waals surface area contributed by atoms with E-state index in [-0.39, 0.29) is 22.8 Å². The minimum atomic E-state index is -1.07. The van der Waals surface area contributed by atoms with Crippen molar-refractivity contribution in [2.45, 2.75) is 19.3 Å². The number of nitrogens with zero attached hydrogens (tertiary/aromatic N) is 2. The number of imide groups is 1. The third-order valence-electron chi connectivity index (χ3n) is 3.55. The van der Waals surface area contributed by atoms with E-state index in [9.17, 15) is 18.8 Å². The van der Waals surface area contributed by atoms with Gasteiger partial charge in [-0.25, -0.2) is 14.2 Å². The average molecular weight is 332 g/mol. The van der Waals surface area contributed by atoms with Gasteiger partial charge in [0.05, 0.1) is 22.7 Å². The summed E-state index contributed by atoms with van der Waals surface area (Å²) in [7, 11) is 0. The molecule has 3 rings (SSSR count). The average Bonchev–Trinajstić information content (AvgIpc) is 3.16. The highest BCUT2D eigenvalue weighted by molar-refractivity contribution is 6.21. The first-order chi connectivity index (χ1) is 11.3. The van der Waals surface area contributed by atoms with Gasteiger partial charge in [0.1, 0.15) is 6.67 Å². The molecule has 0 atom stereocenters. The van der Waals surface area contributed by atoms with E-state index in [1.165, 1.54) is 12.1 Å². The maximum absolute atomic E-state index is 12.9. The first-order valence-electron chi connectivity index (χ1n) is 7.07. The molecule has 1 aromatic carbocycles. The zero-order valence-electron chi connectivity index (χ0n) is 12.9. The highest BCUT2D eigenvalue weighted by atomic mass is 19.1. The highest BCUT2D eigenvalue weighted by Crippen LogP contribution is 2.25. The summed E-state index contributed by atoms with van der Waals surface area (Å²) in [5.41, 5.74) is -0.715. The van der Waals surface area contributed by atoms with Gasteiger partial charge in [-0.2, -0.15) is 0 Å². The Morgan fingerprint density at radius 2 is 1.83 bits per heavy atom. The van der Waals surface area contributed by atoms with Crippen molar-refractivity contribution in [2.75, 3.05) is 6.67 Å². The van der Waals surface area contributed by atoms with E-state index in [0.717, 1.165) is 6.20 Å². The minimum Gasteiger partial charge on any atom is -0.433 e. The Hall–Kier alpha value is -3.03. The monoisotopic (exact) mass is 332 g/mol. The molecule has 0 aliphatic carbocycles. The number of benzene rings is 1. The molecule has 0 bridgehead atoms. The van der Waals surface area contributed by atoms with Crippen LogP contribution in [0.1, 0.15) is 51.0 Å². The second kappa shape index (κ2) is 5.55. The molecule has 24 heavy (non-hydrogen) atoms. The normalized spacial score (nSPS) is 14.0. The fraction of sp³-hybridized carbons (Fsp3) is 0.250. The highest BCUT2D eigenvalue weighted by Gasteiger charge is 2.39. The summed E-state index contributed by atoms with van der Waals surface area (Å²) in [6.45, 7) is 2.37. The van der Waals surface area contributed by atoms with E-state index in [1.54, 1.807) is 26.0 Å². The SMILES string of the molecule is CC(C)(CF)c1ncc(C(=O)ON2C(=O)c3ccccc3C2=O)o1. The molecule has 0 spiro atoms. The van der Waals surface area contributed by atoms with Crippen molar-refractivity contribution in [2.24, 2.45) is 0 Å². The third-order valence-corrected chi connectivity index (χ3v) is 3.55. The molecule has 0 saturated carbocycles. The van der Waals surface area contributed by atoms with Gasteiger partial charge in [0, 0.05) is 0 Å². The van der Waals surface area contributed by atoms with Gasteiger partial charge in [-0.3, -0.25) is 9.59 Å². The zero-order chi connectivity index (χ0) is 17.5. The number of amides is 2. The van der Waals surface area contributed by atoms with Gasteiger partial charge in [0.25, 0.3) is 11.8 Å². The maximum Gasteiger partial charge on any atom is 0.400 e. The molecule has 0 N–H and O–H groups in total. The molecular weight excluding hydrogens is 319 g/mol. The Labute approximate surface area is 136 Å². The summed E-state index contributed by atoms with van der Waals surface area (Å²) < 4.78 is 18.1. The van der Waals surface area contributed by atoms with E-state index in [0.29, 0.717) is 5.06 Å². The number of hydroxylamine groups is 2. The lowest BCUT2D eigenvalue weighted by atomic mass is 9.96. The summed E-state index contributed by atoms with van der Waals surface area (Å²) >= 11 is 0. The first-order valence-corrected chi connectivity index (χ1v) is 7.07. The van der Waals surface area contributed by atoms with Crippen LogP contribution in [-0.2, 0) is 10.3 Å². The smallest absolute Gasteiger partial charge is 0.400 e. The van der Waals surface area contributed by atoms with Crippen molar-refractivity contribution in [1.82, 2.24) is 10.0 Å². The van der Waals surface area contributed by atoms with E-state index in [1.807, 2.05) is 0 Å². The molecule has 0 fully saturated rings. The lowest BCUT2D eigenvalue weighted by Gasteiger charge is -2.15. The Kier molecular flexibility index (Phi) is 3.67. The van der Waals surface area contributed by atoms with E-state index < -0.39 is 29.9 Å². The quantitative estimate of drug-likeness (QED) is 0.798. The fourth-order valence-corrected chi connectivity index (χ4v) is 2.12. The molecule has 0 radical (unpaired) electrons. The van der Waals surface area contributed by atoms with Crippen LogP contribution in [0.2, 0.25) is 0 Å². The van der Waals surface area contributed by atoms with Crippen LogP contribution < -0.4 is 0 Å². The Balaban J connectivity index is 1.79. The van der Waals surface area contributed by atoms with Gasteiger partial charge in [0.15, 0.2) is 0 Å². The molecule has 1 aromatic heterocycles. The lowest BCUT2D eigenvalue weighted by molar-refractivity contribution is -0.0604. The number of aromatic nitrogens is 1. The zero-order valence-corrected chi connectivity index (χ0v) is 12.9. The van der Waals surface area contributed by atoms with Crippen LogP contribution in [0.15, 0.2) is 34.9 Å². The molecule has 2 amide bonds. The van der Waals surface area contributed by atoms with E-state index in [4.69, 9.17) is 9.25 Å². The molecular formula is C16H13FN2O5. The molecule has 0 saturated heterocycles. The number of carbonyl (C=O) groups excluding carboxylic acids is 3. The Morgan fingerprint density at radius 1 is 1.25 bits per heavy atom. The second-order valence-electron chi connectivity index (χ2n) is 5.88. The number of carbonyl (C=O) groups is 3. The number of alkyl halides is 1. The van der Waals surface area contributed by atoms with Crippen molar-refractivity contribution in [1.29, 1.82) is 0 Å². The van der Waals surface area contributed by atoms with Crippen molar-refractivity contribution >= 4 is 17.8 Å². The molecule has 124 valence electrons. The summed E-state index contributed by atoms with van der Waals surface area (Å²) in [4.78, 5) is 45.0. The van der Waals surface area contributed by atoms with Crippen molar-refractivity contribution < 1.29 is 28.0 Å². The molecule has 2 aromatic rings. The Morgan fingerprint density at radius 3 is 2.38 bits per heavy atom. The number of rotatable bonds is 4. The van der Waals surface area contributed by atoms with Crippen LogP contribution in [0.25, 0.3) is 0 Å². The van der Waals surface area contributed by atoms with Crippen LogP contribution >= 0.6 is 0 Å². The van der Waals surface area contributed by atoms with Crippen LogP contribution in [0.5, 0.6) is 0 Å². The van der Waals surface area contributed by atoms with Gasteiger partial charge in [0.2, 0.25) is 11.7 Å². The largest absolute Gasteiger partial charge is 0.433 e. The van der Waals surface area contributed by atoms with Crippen molar-refractivity contribution in [3.63, 3.8) is 0 Å². The van der Waals surface area contributed by atoms with Crippen LogP contribution in [0.3, 0.4) is 0 Å². The summed E-state index contributed by atoms with van der Waals surface area (Å²) in [5.74, 6) is -2.87.